The molecule has 0 saturated carbocycles. The molecular formula is C15H12BrClN2O. The first kappa shape index (κ1) is 13.5. The first-order valence-corrected chi connectivity index (χ1v) is 7.39. The average Bonchev–Trinajstić information content (AvgIpc) is 2.79. The molecule has 1 unspecified atom stereocenters. The lowest BCUT2D eigenvalue weighted by molar-refractivity contribution is 1.11. The van der Waals surface area contributed by atoms with Gasteiger partial charge in [-0.15, -0.1) is 11.6 Å². The van der Waals surface area contributed by atoms with Gasteiger partial charge in [-0.25, -0.2) is 4.79 Å². The fourth-order valence-corrected chi connectivity index (χ4v) is 3.02. The molecule has 3 rings (SSSR count). The van der Waals surface area contributed by atoms with Gasteiger partial charge in [0.15, 0.2) is 0 Å². The molecule has 1 aromatic heterocycles. The van der Waals surface area contributed by atoms with E-state index in [1.165, 1.54) is 0 Å². The summed E-state index contributed by atoms with van der Waals surface area (Å²) in [5, 5.41) is -0.254. The van der Waals surface area contributed by atoms with Crippen molar-refractivity contribution in [1.82, 2.24) is 9.97 Å². The van der Waals surface area contributed by atoms with Crippen molar-refractivity contribution in [1.29, 1.82) is 0 Å². The van der Waals surface area contributed by atoms with Crippen molar-refractivity contribution in [2.75, 3.05) is 0 Å². The largest absolute Gasteiger partial charge is 0.323 e. The third-order valence-corrected chi connectivity index (χ3v) is 4.33. The SMILES string of the molecule is Cc1ccc(Br)cc1C(Cl)c1ccc2[nH]c(=O)[nH]c2c1. The second-order valence-electron chi connectivity index (χ2n) is 4.75. The number of aryl methyl sites for hydroxylation is 1. The Morgan fingerprint density at radius 2 is 1.85 bits per heavy atom. The molecule has 0 radical (unpaired) electrons. The number of halogens is 2. The molecule has 1 heterocycles. The normalized spacial score (nSPS) is 12.8. The predicted molar refractivity (Wildman–Crippen MR) is 85.5 cm³/mol. The third-order valence-electron chi connectivity index (χ3n) is 3.35. The van der Waals surface area contributed by atoms with E-state index in [4.69, 9.17) is 11.6 Å². The summed E-state index contributed by atoms with van der Waals surface area (Å²) in [5.41, 5.74) is 4.49. The topological polar surface area (TPSA) is 48.6 Å². The van der Waals surface area contributed by atoms with Crippen molar-refractivity contribution in [2.24, 2.45) is 0 Å². The second-order valence-corrected chi connectivity index (χ2v) is 6.10. The smallest absolute Gasteiger partial charge is 0.306 e. The van der Waals surface area contributed by atoms with Crippen LogP contribution in [0, 0.1) is 6.92 Å². The monoisotopic (exact) mass is 350 g/mol. The molecule has 20 heavy (non-hydrogen) atoms. The molecule has 5 heteroatoms. The van der Waals surface area contributed by atoms with E-state index in [9.17, 15) is 4.79 Å². The summed E-state index contributed by atoms with van der Waals surface area (Å²) < 4.78 is 1.000. The lowest BCUT2D eigenvalue weighted by Crippen LogP contribution is -1.99. The zero-order chi connectivity index (χ0) is 14.3. The maximum absolute atomic E-state index is 11.3. The molecule has 2 N–H and O–H groups in total. The highest BCUT2D eigenvalue weighted by atomic mass is 79.9. The lowest BCUT2D eigenvalue weighted by Gasteiger charge is -2.14. The van der Waals surface area contributed by atoms with E-state index in [0.717, 1.165) is 32.2 Å². The number of nitrogens with one attached hydrogen (secondary N) is 2. The van der Waals surface area contributed by atoms with Crippen molar-refractivity contribution >= 4 is 38.6 Å². The number of aromatic amines is 2. The molecule has 0 amide bonds. The minimum atomic E-state index is -0.254. The van der Waals surface area contributed by atoms with Gasteiger partial charge < -0.3 is 9.97 Å². The molecular weight excluding hydrogens is 340 g/mol. The van der Waals surface area contributed by atoms with Crippen LogP contribution in [0.15, 0.2) is 45.7 Å². The Labute approximate surface area is 129 Å². The number of hydrogen-bond acceptors (Lipinski definition) is 1. The van der Waals surface area contributed by atoms with E-state index in [1.54, 1.807) is 0 Å². The maximum Gasteiger partial charge on any atom is 0.323 e. The number of benzene rings is 2. The van der Waals surface area contributed by atoms with Gasteiger partial charge in [0.05, 0.1) is 16.4 Å². The summed E-state index contributed by atoms with van der Waals surface area (Å²) in [6.07, 6.45) is 0. The van der Waals surface area contributed by atoms with Crippen LogP contribution in [0.4, 0.5) is 0 Å². The summed E-state index contributed by atoms with van der Waals surface area (Å²) in [5.74, 6) is 0. The van der Waals surface area contributed by atoms with E-state index in [-0.39, 0.29) is 11.1 Å². The highest BCUT2D eigenvalue weighted by molar-refractivity contribution is 9.10. The first-order valence-electron chi connectivity index (χ1n) is 6.16. The fourth-order valence-electron chi connectivity index (χ4n) is 2.27. The Morgan fingerprint density at radius 1 is 1.10 bits per heavy atom. The number of aromatic nitrogens is 2. The quantitative estimate of drug-likeness (QED) is 0.666. The van der Waals surface area contributed by atoms with Crippen LogP contribution in [0.3, 0.4) is 0 Å². The average molecular weight is 352 g/mol. The van der Waals surface area contributed by atoms with Gasteiger partial charge >= 0.3 is 5.69 Å². The number of rotatable bonds is 2. The maximum atomic E-state index is 11.3. The third kappa shape index (κ3) is 2.41. The molecule has 0 bridgehead atoms. The molecule has 0 aliphatic carbocycles. The van der Waals surface area contributed by atoms with Gasteiger partial charge in [0.1, 0.15) is 0 Å². The van der Waals surface area contributed by atoms with Crippen molar-refractivity contribution in [3.63, 3.8) is 0 Å². The number of hydrogen-bond donors (Lipinski definition) is 2. The number of H-pyrrole nitrogens is 2. The molecule has 0 aliphatic rings. The zero-order valence-corrected chi connectivity index (χ0v) is 13.0. The van der Waals surface area contributed by atoms with Crippen LogP contribution in [-0.2, 0) is 0 Å². The van der Waals surface area contributed by atoms with E-state index >= 15 is 0 Å². The van der Waals surface area contributed by atoms with Crippen LogP contribution in [0.25, 0.3) is 11.0 Å². The summed E-state index contributed by atoms with van der Waals surface area (Å²) in [4.78, 5) is 16.8. The number of imidazole rings is 1. The highest BCUT2D eigenvalue weighted by Gasteiger charge is 2.14. The Morgan fingerprint density at radius 3 is 2.65 bits per heavy atom. The molecule has 0 aliphatic heterocycles. The van der Waals surface area contributed by atoms with E-state index in [2.05, 4.69) is 25.9 Å². The van der Waals surface area contributed by atoms with Crippen LogP contribution < -0.4 is 5.69 Å². The van der Waals surface area contributed by atoms with Crippen LogP contribution in [-0.4, -0.2) is 9.97 Å². The van der Waals surface area contributed by atoms with Crippen LogP contribution in [0.5, 0.6) is 0 Å². The lowest BCUT2D eigenvalue weighted by atomic mass is 10.00. The molecule has 0 fully saturated rings. The van der Waals surface area contributed by atoms with Gasteiger partial charge in [0.2, 0.25) is 0 Å². The number of alkyl halides is 1. The van der Waals surface area contributed by atoms with Crippen LogP contribution >= 0.6 is 27.5 Å². The number of fused-ring (bicyclic) bond motifs is 1. The zero-order valence-electron chi connectivity index (χ0n) is 10.7. The molecule has 3 aromatic rings. The molecule has 1 atom stereocenters. The summed E-state index contributed by atoms with van der Waals surface area (Å²) in [6, 6.07) is 11.8. The van der Waals surface area contributed by atoms with Gasteiger partial charge in [0, 0.05) is 4.47 Å². The van der Waals surface area contributed by atoms with E-state index < -0.39 is 0 Å². The molecule has 0 spiro atoms. The van der Waals surface area contributed by atoms with E-state index in [1.807, 2.05) is 43.3 Å². The Bertz CT molecular complexity index is 837. The van der Waals surface area contributed by atoms with Gasteiger partial charge in [-0.2, -0.15) is 0 Å². The molecule has 3 nitrogen and oxygen atoms in total. The van der Waals surface area contributed by atoms with E-state index in [0.29, 0.717) is 0 Å². The summed E-state index contributed by atoms with van der Waals surface area (Å²) in [7, 11) is 0. The van der Waals surface area contributed by atoms with Crippen molar-refractivity contribution in [3.8, 4) is 0 Å². The highest BCUT2D eigenvalue weighted by Crippen LogP contribution is 2.33. The molecule has 2 aromatic carbocycles. The van der Waals surface area contributed by atoms with Crippen molar-refractivity contribution < 1.29 is 0 Å². The van der Waals surface area contributed by atoms with Crippen molar-refractivity contribution in [3.05, 3.63) is 68.0 Å². The van der Waals surface area contributed by atoms with Gasteiger partial charge in [-0.3, -0.25) is 0 Å². The molecule has 102 valence electrons. The summed E-state index contributed by atoms with van der Waals surface area (Å²) in [6.45, 7) is 2.04. The van der Waals surface area contributed by atoms with Gasteiger partial charge in [-0.1, -0.05) is 28.1 Å². The van der Waals surface area contributed by atoms with Crippen LogP contribution in [0.2, 0.25) is 0 Å². The minimum absolute atomic E-state index is 0.207. The Kier molecular flexibility index (Phi) is 3.44. The summed E-state index contributed by atoms with van der Waals surface area (Å²) >= 11 is 10.1. The molecule has 0 saturated heterocycles. The first-order chi connectivity index (χ1) is 9.54. The van der Waals surface area contributed by atoms with Crippen molar-refractivity contribution in [2.45, 2.75) is 12.3 Å². The fraction of sp³-hybridized carbons (Fsp3) is 0.133. The van der Waals surface area contributed by atoms with Gasteiger partial charge in [-0.05, 0) is 47.9 Å². The predicted octanol–water partition coefficient (Wildman–Crippen LogP) is 4.26. The Hall–Kier alpha value is -1.52. The standard InChI is InChI=1S/C15H12BrClN2O/c1-8-2-4-10(16)7-11(8)14(17)9-3-5-12-13(6-9)19-15(20)18-12/h2-7,14H,1H3,(H2,18,19,20). The Balaban J connectivity index is 2.09. The van der Waals surface area contributed by atoms with Gasteiger partial charge in [0.25, 0.3) is 0 Å². The minimum Gasteiger partial charge on any atom is -0.306 e. The second kappa shape index (κ2) is 5.11. The van der Waals surface area contributed by atoms with Crippen LogP contribution in [0.1, 0.15) is 22.1 Å².